The first-order chi connectivity index (χ1) is 6.52. The number of carboxylic acid groups (broad SMARTS) is 1. The zero-order chi connectivity index (χ0) is 10.7. The van der Waals surface area contributed by atoms with Crippen LogP contribution in [0, 0.1) is 0 Å². The third-order valence-corrected chi connectivity index (χ3v) is 2.63. The van der Waals surface area contributed by atoms with E-state index >= 15 is 0 Å². The Labute approximate surface area is 112 Å². The smallest absolute Gasteiger partial charge is 0.341 e. The Bertz CT molecular complexity index is 370. The summed E-state index contributed by atoms with van der Waals surface area (Å²) in [6.07, 6.45) is 0. The molecule has 7 heteroatoms. The van der Waals surface area contributed by atoms with Gasteiger partial charge in [0.15, 0.2) is 6.61 Å². The molecule has 0 saturated carbocycles. The Hall–Kier alpha value is -0.121. The summed E-state index contributed by atoms with van der Waals surface area (Å²) >= 11 is 17.1. The number of aliphatic carboxylic acids is 1. The summed E-state index contributed by atoms with van der Waals surface area (Å²) in [7, 11) is 0. The molecule has 1 aromatic carbocycles. The van der Waals surface area contributed by atoms with E-state index in [4.69, 9.17) is 44.6 Å². The molecule has 87 valence electrons. The molecule has 0 amide bonds. The van der Waals surface area contributed by atoms with Crippen molar-refractivity contribution >= 4 is 40.8 Å². The van der Waals surface area contributed by atoms with E-state index in [2.05, 4.69) is 0 Å². The average molecular weight is 319 g/mol. The van der Waals surface area contributed by atoms with E-state index in [1.165, 1.54) is 12.1 Å². The van der Waals surface area contributed by atoms with Gasteiger partial charge in [-0.05, 0) is 12.1 Å². The van der Waals surface area contributed by atoms with Crippen LogP contribution in [0.4, 0.5) is 0 Å². The molecule has 3 nitrogen and oxygen atoms in total. The Kier molecular flexibility index (Phi) is 6.41. The maximum Gasteiger partial charge on any atom is 0.341 e. The van der Waals surface area contributed by atoms with Crippen molar-refractivity contribution in [1.82, 2.24) is 0 Å². The number of carbonyl (C=O) groups is 1. The van der Waals surface area contributed by atoms with Gasteiger partial charge in [0.2, 0.25) is 0 Å². The minimum Gasteiger partial charge on any atom is -0.480 e. The summed E-state index contributed by atoms with van der Waals surface area (Å²) in [5, 5.41) is 8.91. The van der Waals surface area contributed by atoms with Crippen molar-refractivity contribution in [2.45, 2.75) is 0 Å². The fourth-order valence-corrected chi connectivity index (χ4v) is 1.34. The second-order valence-corrected chi connectivity index (χ2v) is 3.52. The molecule has 15 heavy (non-hydrogen) atoms. The van der Waals surface area contributed by atoms with Crippen LogP contribution in [0.15, 0.2) is 12.1 Å². The quantitative estimate of drug-likeness (QED) is 0.688. The fourth-order valence-electron chi connectivity index (χ4n) is 0.759. The summed E-state index contributed by atoms with van der Waals surface area (Å²) in [6.45, 7) is -0.475. The number of carboxylic acids is 1. The molecule has 0 aliphatic carbocycles. The summed E-state index contributed by atoms with van der Waals surface area (Å²) in [4.78, 5) is 10.2. The molecule has 0 unspecified atom stereocenters. The van der Waals surface area contributed by atoms with Gasteiger partial charge in [-0.15, -0.1) is 0 Å². The molecule has 1 N–H and O–H groups in total. The van der Waals surface area contributed by atoms with E-state index in [1.807, 2.05) is 0 Å². The minimum atomic E-state index is -1.09. The predicted octanol–water partition coefficient (Wildman–Crippen LogP) is 3.11. The summed E-state index contributed by atoms with van der Waals surface area (Å²) in [5.41, 5.74) is 0. The summed E-state index contributed by atoms with van der Waals surface area (Å²) in [6, 6.07) is 2.94. The minimum absolute atomic E-state index is 0. The molecule has 0 aliphatic heterocycles. The molecular formula is C8H5Cl3CuO3. The van der Waals surface area contributed by atoms with Gasteiger partial charge in [-0.1, -0.05) is 34.8 Å². The SMILES string of the molecule is O=C(O)COc1ccc(Cl)c(Cl)c1Cl.[Cu]. The van der Waals surface area contributed by atoms with Crippen molar-refractivity contribution in [3.05, 3.63) is 27.2 Å². The first kappa shape index (κ1) is 14.9. The maximum atomic E-state index is 10.2. The largest absolute Gasteiger partial charge is 0.480 e. The van der Waals surface area contributed by atoms with Crippen LogP contribution >= 0.6 is 34.8 Å². The summed E-state index contributed by atoms with van der Waals surface area (Å²) in [5.74, 6) is -0.893. The Balaban J connectivity index is 0.00000196. The predicted molar refractivity (Wildman–Crippen MR) is 54.6 cm³/mol. The fraction of sp³-hybridized carbons (Fsp3) is 0.125. The van der Waals surface area contributed by atoms with Gasteiger partial charge in [0.1, 0.15) is 10.8 Å². The average Bonchev–Trinajstić information content (AvgIpc) is 2.13. The van der Waals surface area contributed by atoms with E-state index in [-0.39, 0.29) is 32.9 Å². The molecule has 0 atom stereocenters. The van der Waals surface area contributed by atoms with Gasteiger partial charge < -0.3 is 9.84 Å². The van der Waals surface area contributed by atoms with E-state index < -0.39 is 12.6 Å². The zero-order valence-corrected chi connectivity index (χ0v) is 10.3. The van der Waals surface area contributed by atoms with Crippen molar-refractivity contribution in [3.63, 3.8) is 0 Å². The van der Waals surface area contributed by atoms with Crippen molar-refractivity contribution in [2.75, 3.05) is 6.61 Å². The number of ether oxygens (including phenoxy) is 1. The van der Waals surface area contributed by atoms with E-state index in [0.717, 1.165) is 0 Å². The van der Waals surface area contributed by atoms with Crippen molar-refractivity contribution < 1.29 is 31.7 Å². The number of hydrogen-bond acceptors (Lipinski definition) is 2. The van der Waals surface area contributed by atoms with E-state index in [0.29, 0.717) is 5.02 Å². The Morgan fingerprint density at radius 3 is 2.40 bits per heavy atom. The molecular weight excluding hydrogens is 314 g/mol. The number of hydrogen-bond donors (Lipinski definition) is 1. The molecule has 0 heterocycles. The zero-order valence-electron chi connectivity index (χ0n) is 7.06. The van der Waals surface area contributed by atoms with Gasteiger partial charge in [-0.2, -0.15) is 0 Å². The van der Waals surface area contributed by atoms with Crippen LogP contribution in [0.3, 0.4) is 0 Å². The van der Waals surface area contributed by atoms with Gasteiger partial charge >= 0.3 is 5.97 Å². The molecule has 1 rings (SSSR count). The van der Waals surface area contributed by atoms with Crippen LogP contribution in [0.25, 0.3) is 0 Å². The normalized spacial score (nSPS) is 9.27. The van der Waals surface area contributed by atoms with Gasteiger partial charge in [0.05, 0.1) is 10.0 Å². The van der Waals surface area contributed by atoms with Crippen LogP contribution in [-0.2, 0) is 21.9 Å². The maximum absolute atomic E-state index is 10.2. The van der Waals surface area contributed by atoms with Crippen LogP contribution in [-0.4, -0.2) is 17.7 Å². The molecule has 1 radical (unpaired) electrons. The molecule has 1 aromatic rings. The van der Waals surface area contributed by atoms with E-state index in [1.54, 1.807) is 0 Å². The molecule has 0 bridgehead atoms. The first-order valence-electron chi connectivity index (χ1n) is 3.50. The van der Waals surface area contributed by atoms with Crippen LogP contribution in [0.2, 0.25) is 15.1 Å². The van der Waals surface area contributed by atoms with Gasteiger partial charge in [-0.25, -0.2) is 4.79 Å². The standard InChI is InChI=1S/C8H5Cl3O3.Cu/c9-4-1-2-5(8(11)7(4)10)14-3-6(12)13;/h1-2H,3H2,(H,12,13);. The summed E-state index contributed by atoms with van der Waals surface area (Å²) < 4.78 is 4.86. The van der Waals surface area contributed by atoms with E-state index in [9.17, 15) is 4.79 Å². The molecule has 0 spiro atoms. The van der Waals surface area contributed by atoms with Gasteiger partial charge in [-0.3, -0.25) is 0 Å². The Morgan fingerprint density at radius 2 is 1.87 bits per heavy atom. The third-order valence-electron chi connectivity index (χ3n) is 1.35. The van der Waals surface area contributed by atoms with Crippen molar-refractivity contribution in [1.29, 1.82) is 0 Å². The monoisotopic (exact) mass is 317 g/mol. The van der Waals surface area contributed by atoms with Crippen molar-refractivity contribution in [3.8, 4) is 5.75 Å². The third kappa shape index (κ3) is 4.09. The molecule has 0 fully saturated rings. The molecule has 0 aromatic heterocycles. The van der Waals surface area contributed by atoms with Crippen LogP contribution < -0.4 is 4.74 Å². The number of halogens is 3. The van der Waals surface area contributed by atoms with Gasteiger partial charge in [0.25, 0.3) is 0 Å². The second kappa shape index (κ2) is 6.46. The number of rotatable bonds is 3. The topological polar surface area (TPSA) is 46.5 Å². The van der Waals surface area contributed by atoms with Crippen molar-refractivity contribution in [2.24, 2.45) is 0 Å². The van der Waals surface area contributed by atoms with Crippen LogP contribution in [0.1, 0.15) is 0 Å². The molecule has 0 aliphatic rings. The number of benzene rings is 1. The molecule has 0 saturated heterocycles. The first-order valence-corrected chi connectivity index (χ1v) is 4.64. The van der Waals surface area contributed by atoms with Gasteiger partial charge in [0, 0.05) is 17.1 Å². The van der Waals surface area contributed by atoms with Crippen LogP contribution in [0.5, 0.6) is 5.75 Å². The Morgan fingerprint density at radius 1 is 1.27 bits per heavy atom. The second-order valence-electron chi connectivity index (χ2n) is 2.36.